The van der Waals surface area contributed by atoms with Crippen LogP contribution in [-0.4, -0.2) is 12.6 Å². The van der Waals surface area contributed by atoms with E-state index in [-0.39, 0.29) is 35.0 Å². The Labute approximate surface area is 146 Å². The molecule has 0 aliphatic heterocycles. The third kappa shape index (κ3) is 3.27. The minimum Gasteiger partial charge on any atom is -0.546 e. The maximum absolute atomic E-state index is 12.4. The van der Waals surface area contributed by atoms with Crippen molar-refractivity contribution in [3.05, 3.63) is 52.7 Å². The van der Waals surface area contributed by atoms with Crippen molar-refractivity contribution >= 4 is 37.5 Å². The largest absolute Gasteiger partial charge is 1.00 e. The number of rotatable bonds is 3. The van der Waals surface area contributed by atoms with Crippen LogP contribution in [0.25, 0.3) is 20.2 Å². The quantitative estimate of drug-likeness (QED) is 0.438. The Morgan fingerprint density at radius 2 is 1.81 bits per heavy atom. The minimum atomic E-state index is -1.30. The number of carboxylic acid groups (broad SMARTS) is 1. The van der Waals surface area contributed by atoms with Gasteiger partial charge in [0.25, 0.3) is 0 Å². The van der Waals surface area contributed by atoms with Crippen LogP contribution in [0.2, 0.25) is 0 Å². The van der Waals surface area contributed by atoms with Crippen molar-refractivity contribution in [2.75, 3.05) is 6.61 Å². The summed E-state index contributed by atoms with van der Waals surface area (Å²) in [4.78, 5) is 22.8. The first kappa shape index (κ1) is 16.0. The van der Waals surface area contributed by atoms with Crippen LogP contribution in [0, 0.1) is 0 Å². The van der Waals surface area contributed by atoms with Crippen molar-refractivity contribution in [2.45, 2.75) is 0 Å². The van der Waals surface area contributed by atoms with Gasteiger partial charge in [0.15, 0.2) is 5.43 Å². The molecule has 0 amide bonds. The van der Waals surface area contributed by atoms with Crippen LogP contribution in [0.3, 0.4) is 0 Å². The molecule has 1 aromatic heterocycles. The Bertz CT molecular complexity index is 872. The number of fused-ring (bicyclic) bond motifs is 2. The van der Waals surface area contributed by atoms with Crippen molar-refractivity contribution in [2.24, 2.45) is 0 Å². The number of carboxylic acids is 1. The van der Waals surface area contributed by atoms with Gasteiger partial charge in [0.05, 0.1) is 5.97 Å². The van der Waals surface area contributed by atoms with Gasteiger partial charge in [-0.3, -0.25) is 4.79 Å². The molecule has 4 nitrogen and oxygen atoms in total. The van der Waals surface area contributed by atoms with Gasteiger partial charge in [-0.15, -0.1) is 11.3 Å². The molecule has 3 aromatic rings. The zero-order chi connectivity index (χ0) is 14.1. The summed E-state index contributed by atoms with van der Waals surface area (Å²) in [6, 6.07) is 12.4. The molecule has 0 fully saturated rings. The van der Waals surface area contributed by atoms with Gasteiger partial charge >= 0.3 is 29.6 Å². The van der Waals surface area contributed by atoms with Crippen LogP contribution in [-0.2, 0) is 4.79 Å². The van der Waals surface area contributed by atoms with Gasteiger partial charge < -0.3 is 14.6 Å². The van der Waals surface area contributed by atoms with Gasteiger partial charge in [-0.2, -0.15) is 0 Å². The fourth-order valence-electron chi connectivity index (χ4n) is 2.01. The fraction of sp³-hybridized carbons (Fsp3) is 0.0667. The molecule has 100 valence electrons. The molecule has 0 saturated heterocycles. The van der Waals surface area contributed by atoms with Gasteiger partial charge in [-0.1, -0.05) is 12.1 Å². The molecule has 0 atom stereocenters. The average molecular weight is 308 g/mol. The SMILES string of the molecule is O=C([O-])COc1ccc2sc3ccccc3c(=O)c2c1.[Na+]. The number of carbonyl (C=O) groups is 1. The molecular weight excluding hydrogens is 299 g/mol. The summed E-state index contributed by atoms with van der Waals surface area (Å²) in [7, 11) is 0. The number of benzene rings is 2. The average Bonchev–Trinajstić information content (AvgIpc) is 2.46. The van der Waals surface area contributed by atoms with Crippen LogP contribution in [0.15, 0.2) is 47.3 Å². The molecular formula is C15H9NaO4S. The molecule has 1 heterocycles. The van der Waals surface area contributed by atoms with E-state index in [0.29, 0.717) is 16.5 Å². The van der Waals surface area contributed by atoms with Crippen LogP contribution in [0.5, 0.6) is 5.75 Å². The molecule has 0 spiro atoms. The van der Waals surface area contributed by atoms with E-state index in [9.17, 15) is 14.7 Å². The molecule has 21 heavy (non-hydrogen) atoms. The minimum absolute atomic E-state index is 0. The maximum Gasteiger partial charge on any atom is 1.00 e. The van der Waals surface area contributed by atoms with E-state index in [0.717, 1.165) is 9.40 Å². The second kappa shape index (κ2) is 6.58. The van der Waals surface area contributed by atoms with Gasteiger partial charge in [-0.05, 0) is 30.3 Å². The molecule has 6 heteroatoms. The predicted octanol–water partition coefficient (Wildman–Crippen LogP) is -1.45. The summed E-state index contributed by atoms with van der Waals surface area (Å²) in [6.45, 7) is -0.531. The summed E-state index contributed by atoms with van der Waals surface area (Å²) in [5, 5.41) is 11.6. The molecule has 0 aliphatic carbocycles. The molecule has 0 N–H and O–H groups in total. The van der Waals surface area contributed by atoms with Gasteiger partial charge in [-0.25, -0.2) is 0 Å². The Hall–Kier alpha value is -1.40. The number of aliphatic carboxylic acids is 1. The third-order valence-corrected chi connectivity index (χ3v) is 4.06. The zero-order valence-electron chi connectivity index (χ0n) is 11.3. The molecule has 0 aliphatic rings. The van der Waals surface area contributed by atoms with E-state index in [2.05, 4.69) is 0 Å². The molecule has 2 aromatic carbocycles. The number of ether oxygens (including phenoxy) is 1. The normalized spacial score (nSPS) is 10.3. The monoisotopic (exact) mass is 308 g/mol. The van der Waals surface area contributed by atoms with Gasteiger partial charge in [0.1, 0.15) is 12.4 Å². The summed E-state index contributed by atoms with van der Waals surface area (Å²) < 4.78 is 6.81. The van der Waals surface area contributed by atoms with E-state index in [1.54, 1.807) is 24.3 Å². The van der Waals surface area contributed by atoms with Crippen LogP contribution in [0.1, 0.15) is 0 Å². The first-order chi connectivity index (χ1) is 9.65. The van der Waals surface area contributed by atoms with E-state index in [1.807, 2.05) is 18.2 Å². The van der Waals surface area contributed by atoms with Crippen molar-refractivity contribution in [3.63, 3.8) is 0 Å². The second-order valence-electron chi connectivity index (χ2n) is 4.25. The van der Waals surface area contributed by atoms with E-state index < -0.39 is 12.6 Å². The summed E-state index contributed by atoms with van der Waals surface area (Å²) >= 11 is 1.51. The molecule has 0 bridgehead atoms. The Kier molecular flexibility index (Phi) is 5.00. The van der Waals surface area contributed by atoms with Crippen LogP contribution < -0.4 is 44.8 Å². The Morgan fingerprint density at radius 3 is 2.57 bits per heavy atom. The summed E-state index contributed by atoms with van der Waals surface area (Å²) in [5.41, 5.74) is -0.0757. The van der Waals surface area contributed by atoms with Crippen molar-refractivity contribution in [1.29, 1.82) is 0 Å². The third-order valence-electron chi connectivity index (χ3n) is 2.90. The van der Waals surface area contributed by atoms with Crippen molar-refractivity contribution in [3.8, 4) is 5.75 Å². The summed E-state index contributed by atoms with van der Waals surface area (Å²) in [6.07, 6.45) is 0. The smallest absolute Gasteiger partial charge is 0.546 e. The van der Waals surface area contributed by atoms with E-state index in [1.165, 1.54) is 11.3 Å². The number of carbonyl (C=O) groups excluding carboxylic acids is 1. The van der Waals surface area contributed by atoms with E-state index >= 15 is 0 Å². The molecule has 0 unspecified atom stereocenters. The van der Waals surface area contributed by atoms with Crippen molar-refractivity contribution < 1.29 is 44.2 Å². The standard InChI is InChI=1S/C15H10O4S.Na/c16-14(17)8-19-9-5-6-13-11(7-9)15(18)10-3-1-2-4-12(10)20-13;/h1-7H,8H2,(H,16,17);/q;+1/p-1. The van der Waals surface area contributed by atoms with Crippen LogP contribution in [0.4, 0.5) is 0 Å². The first-order valence-electron chi connectivity index (χ1n) is 5.93. The second-order valence-corrected chi connectivity index (χ2v) is 5.33. The summed E-state index contributed by atoms with van der Waals surface area (Å²) in [5.74, 6) is -0.949. The number of hydrogen-bond donors (Lipinski definition) is 0. The number of hydrogen-bond acceptors (Lipinski definition) is 5. The molecule has 3 rings (SSSR count). The molecule has 0 radical (unpaired) electrons. The topological polar surface area (TPSA) is 66.4 Å². The molecule has 0 saturated carbocycles. The Morgan fingerprint density at radius 1 is 1.10 bits per heavy atom. The van der Waals surface area contributed by atoms with Crippen LogP contribution >= 0.6 is 11.3 Å². The zero-order valence-corrected chi connectivity index (χ0v) is 14.1. The van der Waals surface area contributed by atoms with Crippen molar-refractivity contribution in [1.82, 2.24) is 0 Å². The maximum atomic E-state index is 12.4. The first-order valence-corrected chi connectivity index (χ1v) is 6.75. The Balaban J connectivity index is 0.00000161. The predicted molar refractivity (Wildman–Crippen MR) is 76.1 cm³/mol. The fourth-order valence-corrected chi connectivity index (χ4v) is 3.07. The van der Waals surface area contributed by atoms with Gasteiger partial charge in [0, 0.05) is 20.2 Å². The van der Waals surface area contributed by atoms with Gasteiger partial charge in [0.2, 0.25) is 0 Å². The van der Waals surface area contributed by atoms with E-state index in [4.69, 9.17) is 4.74 Å².